The molecular formula is C8H7N3O3. The van der Waals surface area contributed by atoms with Crippen molar-refractivity contribution in [2.24, 2.45) is 7.05 Å². The summed E-state index contributed by atoms with van der Waals surface area (Å²) in [5, 5.41) is 22.3. The molecule has 0 N–H and O–H groups in total. The Morgan fingerprint density at radius 1 is 1.50 bits per heavy atom. The molecule has 0 aliphatic rings. The van der Waals surface area contributed by atoms with Gasteiger partial charge in [0.15, 0.2) is 0 Å². The summed E-state index contributed by atoms with van der Waals surface area (Å²) in [6.45, 7) is 0. The largest absolute Gasteiger partial charge is 0.711 e. The van der Waals surface area contributed by atoms with E-state index in [4.69, 9.17) is 0 Å². The highest BCUT2D eigenvalue weighted by Crippen LogP contribution is 2.22. The van der Waals surface area contributed by atoms with Crippen LogP contribution in [-0.4, -0.2) is 9.49 Å². The third kappa shape index (κ3) is 1.00. The molecule has 2 rings (SSSR count). The lowest BCUT2D eigenvalue weighted by Gasteiger charge is -2.03. The first-order valence-electron chi connectivity index (χ1n) is 3.93. The Kier molecular flexibility index (Phi) is 1.63. The molecule has 6 heteroatoms. The monoisotopic (exact) mass is 193 g/mol. The van der Waals surface area contributed by atoms with Gasteiger partial charge in [0.2, 0.25) is 0 Å². The van der Waals surface area contributed by atoms with Crippen molar-refractivity contribution in [2.45, 2.75) is 0 Å². The maximum atomic E-state index is 11.3. The molecular weight excluding hydrogens is 186 g/mol. The first kappa shape index (κ1) is 8.49. The molecule has 0 saturated heterocycles. The fourth-order valence-corrected chi connectivity index (χ4v) is 1.45. The van der Waals surface area contributed by atoms with Gasteiger partial charge in [0.25, 0.3) is 11.3 Å². The van der Waals surface area contributed by atoms with Crippen molar-refractivity contribution in [3.05, 3.63) is 39.8 Å². The Morgan fingerprint density at radius 3 is 2.86 bits per heavy atom. The number of pyridine rings is 1. The van der Waals surface area contributed by atoms with E-state index in [-0.39, 0.29) is 5.69 Å². The van der Waals surface area contributed by atoms with Crippen LogP contribution in [0.4, 0.5) is 5.69 Å². The van der Waals surface area contributed by atoms with Crippen LogP contribution in [-0.2, 0) is 7.05 Å². The van der Waals surface area contributed by atoms with Crippen LogP contribution in [0.5, 0.6) is 0 Å². The molecule has 0 bridgehead atoms. The van der Waals surface area contributed by atoms with Gasteiger partial charge in [-0.25, -0.2) is 9.30 Å². The summed E-state index contributed by atoms with van der Waals surface area (Å²) < 4.78 is 2.16. The molecule has 2 heterocycles. The lowest BCUT2D eigenvalue weighted by Crippen LogP contribution is -2.28. The van der Waals surface area contributed by atoms with E-state index in [2.05, 4.69) is 0 Å². The van der Waals surface area contributed by atoms with Gasteiger partial charge in [0.1, 0.15) is 11.6 Å². The van der Waals surface area contributed by atoms with Crippen molar-refractivity contribution in [3.8, 4) is 0 Å². The van der Waals surface area contributed by atoms with Crippen LogP contribution in [0.3, 0.4) is 0 Å². The molecule has 0 fully saturated rings. The van der Waals surface area contributed by atoms with Crippen LogP contribution in [0, 0.1) is 15.3 Å². The number of nitro groups is 1. The molecule has 6 nitrogen and oxygen atoms in total. The van der Waals surface area contributed by atoms with Crippen molar-refractivity contribution >= 4 is 16.7 Å². The number of aromatic nitrogens is 2. The van der Waals surface area contributed by atoms with E-state index >= 15 is 0 Å². The van der Waals surface area contributed by atoms with Gasteiger partial charge in [-0.2, -0.15) is 0 Å². The van der Waals surface area contributed by atoms with Crippen molar-refractivity contribution in [2.75, 3.05) is 0 Å². The normalized spacial score (nSPS) is 10.6. The van der Waals surface area contributed by atoms with E-state index in [9.17, 15) is 15.3 Å². The summed E-state index contributed by atoms with van der Waals surface area (Å²) in [6, 6.07) is 2.76. The van der Waals surface area contributed by atoms with Crippen LogP contribution >= 0.6 is 0 Å². The highest BCUT2D eigenvalue weighted by atomic mass is 16.6. The molecule has 2 aromatic heterocycles. The van der Waals surface area contributed by atoms with Crippen LogP contribution in [0.2, 0.25) is 0 Å². The lowest BCUT2D eigenvalue weighted by atomic mass is 10.3. The minimum Gasteiger partial charge on any atom is -0.711 e. The maximum absolute atomic E-state index is 11.3. The molecule has 0 amide bonds. The van der Waals surface area contributed by atoms with Crippen molar-refractivity contribution in [3.63, 3.8) is 0 Å². The summed E-state index contributed by atoms with van der Waals surface area (Å²) in [5.74, 6) is 0. The van der Waals surface area contributed by atoms with E-state index in [0.717, 1.165) is 6.20 Å². The molecule has 0 spiro atoms. The van der Waals surface area contributed by atoms with Gasteiger partial charge in [0.05, 0.1) is 24.2 Å². The van der Waals surface area contributed by atoms with Gasteiger partial charge >= 0.3 is 0 Å². The zero-order chi connectivity index (χ0) is 10.3. The van der Waals surface area contributed by atoms with Crippen LogP contribution < -0.4 is 4.73 Å². The second kappa shape index (κ2) is 2.69. The molecule has 0 aliphatic heterocycles. The standard InChI is InChI=1S/C8H7N3O3/c1-9-4-2-6-7(11(13)14)3-5-10(12)8(6)9/h2-5H,1H3. The third-order valence-corrected chi connectivity index (χ3v) is 2.09. The number of hydrogen-bond acceptors (Lipinski definition) is 3. The number of nitrogens with zero attached hydrogens (tertiary/aromatic N) is 3. The Morgan fingerprint density at radius 2 is 2.21 bits per heavy atom. The predicted molar refractivity (Wildman–Crippen MR) is 48.5 cm³/mol. The number of aryl methyl sites for hydroxylation is 1. The van der Waals surface area contributed by atoms with Gasteiger partial charge in [-0.1, -0.05) is 0 Å². The number of hydrogen-bond donors (Lipinski definition) is 0. The minimum absolute atomic E-state index is 0.0484. The Bertz CT molecular complexity index is 518. The molecule has 72 valence electrons. The Hall–Kier alpha value is -2.11. The van der Waals surface area contributed by atoms with E-state index in [1.54, 1.807) is 23.9 Å². The first-order chi connectivity index (χ1) is 6.61. The van der Waals surface area contributed by atoms with Crippen LogP contribution in [0.15, 0.2) is 24.5 Å². The summed E-state index contributed by atoms with van der Waals surface area (Å²) >= 11 is 0. The van der Waals surface area contributed by atoms with Crippen molar-refractivity contribution in [1.29, 1.82) is 0 Å². The van der Waals surface area contributed by atoms with E-state index < -0.39 is 4.92 Å². The zero-order valence-electron chi connectivity index (χ0n) is 7.38. The van der Waals surface area contributed by atoms with Crippen LogP contribution in [0.1, 0.15) is 0 Å². The zero-order valence-corrected chi connectivity index (χ0v) is 7.38. The molecule has 0 atom stereocenters. The van der Waals surface area contributed by atoms with Crippen molar-refractivity contribution in [1.82, 2.24) is 4.57 Å². The van der Waals surface area contributed by atoms with Gasteiger partial charge in [-0.3, -0.25) is 10.1 Å². The average molecular weight is 193 g/mol. The highest BCUT2D eigenvalue weighted by Gasteiger charge is 2.19. The molecule has 0 unspecified atom stereocenters. The van der Waals surface area contributed by atoms with Gasteiger partial charge in [-0.15, -0.1) is 0 Å². The van der Waals surface area contributed by atoms with E-state index in [0.29, 0.717) is 15.8 Å². The second-order valence-corrected chi connectivity index (χ2v) is 2.95. The van der Waals surface area contributed by atoms with Crippen LogP contribution in [0.25, 0.3) is 11.0 Å². The van der Waals surface area contributed by atoms with E-state index in [1.165, 1.54) is 6.07 Å². The lowest BCUT2D eigenvalue weighted by molar-refractivity contribution is -0.580. The Labute approximate surface area is 78.7 Å². The summed E-state index contributed by atoms with van der Waals surface area (Å²) in [6.07, 6.45) is 2.76. The topological polar surface area (TPSA) is 75.0 Å². The number of rotatable bonds is 1. The van der Waals surface area contributed by atoms with Gasteiger partial charge in [-0.05, 0) is 6.07 Å². The quantitative estimate of drug-likeness (QED) is 0.290. The third-order valence-electron chi connectivity index (χ3n) is 2.09. The highest BCUT2D eigenvalue weighted by molar-refractivity contribution is 5.83. The molecule has 14 heavy (non-hydrogen) atoms. The summed E-state index contributed by atoms with van der Waals surface area (Å²) in [4.78, 5) is 10.1. The SMILES string of the molecule is Cn1ccc2c([N+](=O)[O-])cc[n+]([O-])c21. The molecule has 0 saturated carbocycles. The Balaban J connectivity index is 2.90. The fourth-order valence-electron chi connectivity index (χ4n) is 1.45. The fraction of sp³-hybridized carbons (Fsp3) is 0.125. The average Bonchev–Trinajstić information content (AvgIpc) is 2.49. The minimum atomic E-state index is -0.498. The molecule has 0 aromatic carbocycles. The molecule has 2 aromatic rings. The first-order valence-corrected chi connectivity index (χ1v) is 3.93. The molecule has 0 aliphatic carbocycles. The van der Waals surface area contributed by atoms with E-state index in [1.807, 2.05) is 0 Å². The summed E-state index contributed by atoms with van der Waals surface area (Å²) in [7, 11) is 1.67. The predicted octanol–water partition coefficient (Wildman–Crippen LogP) is 0.720. The smallest absolute Gasteiger partial charge is 0.298 e. The molecule has 0 radical (unpaired) electrons. The number of fused-ring (bicyclic) bond motifs is 1. The van der Waals surface area contributed by atoms with Gasteiger partial charge in [0, 0.05) is 0 Å². The van der Waals surface area contributed by atoms with Crippen molar-refractivity contribution < 1.29 is 9.65 Å². The second-order valence-electron chi connectivity index (χ2n) is 2.95. The van der Waals surface area contributed by atoms with Gasteiger partial charge < -0.3 is 5.21 Å². The maximum Gasteiger partial charge on any atom is 0.298 e. The summed E-state index contributed by atoms with van der Waals surface area (Å²) in [5.41, 5.74) is 0.243.